The van der Waals surface area contributed by atoms with Gasteiger partial charge >= 0.3 is 0 Å². The summed E-state index contributed by atoms with van der Waals surface area (Å²) >= 11 is 0. The SMILES string of the molecule is Cc1cccc(NC(=O)c2nn(-c3ccccc3)cc2O)c1. The van der Waals surface area contributed by atoms with E-state index in [1.165, 1.54) is 10.9 Å². The van der Waals surface area contributed by atoms with Crippen molar-refractivity contribution in [3.05, 3.63) is 72.1 Å². The maximum atomic E-state index is 12.2. The molecule has 3 rings (SSSR count). The predicted molar refractivity (Wildman–Crippen MR) is 84.4 cm³/mol. The van der Waals surface area contributed by atoms with Gasteiger partial charge in [0.05, 0.1) is 11.9 Å². The molecule has 1 aromatic heterocycles. The van der Waals surface area contributed by atoms with Crippen molar-refractivity contribution < 1.29 is 9.90 Å². The van der Waals surface area contributed by atoms with E-state index in [-0.39, 0.29) is 11.4 Å². The van der Waals surface area contributed by atoms with Crippen molar-refractivity contribution >= 4 is 11.6 Å². The van der Waals surface area contributed by atoms with Crippen LogP contribution in [-0.2, 0) is 0 Å². The number of anilines is 1. The lowest BCUT2D eigenvalue weighted by Gasteiger charge is -2.04. The van der Waals surface area contributed by atoms with Gasteiger partial charge < -0.3 is 10.4 Å². The maximum Gasteiger partial charge on any atom is 0.280 e. The summed E-state index contributed by atoms with van der Waals surface area (Å²) < 4.78 is 1.47. The van der Waals surface area contributed by atoms with Crippen molar-refractivity contribution in [2.75, 3.05) is 5.32 Å². The molecule has 0 radical (unpaired) electrons. The first-order valence-electron chi connectivity index (χ1n) is 6.85. The number of para-hydroxylation sites is 1. The van der Waals surface area contributed by atoms with Crippen molar-refractivity contribution in [1.29, 1.82) is 0 Å². The normalized spacial score (nSPS) is 10.4. The van der Waals surface area contributed by atoms with Gasteiger partial charge in [-0.05, 0) is 36.8 Å². The molecule has 2 aromatic carbocycles. The standard InChI is InChI=1S/C17H15N3O2/c1-12-6-5-7-13(10-12)18-17(22)16-15(21)11-20(19-16)14-8-3-2-4-9-14/h2-11,21H,1H3,(H,18,22). The van der Waals surface area contributed by atoms with E-state index in [9.17, 15) is 9.90 Å². The number of rotatable bonds is 3. The molecular weight excluding hydrogens is 278 g/mol. The van der Waals surface area contributed by atoms with Crippen LogP contribution in [0.2, 0.25) is 0 Å². The van der Waals surface area contributed by atoms with Crippen molar-refractivity contribution in [3.8, 4) is 11.4 Å². The largest absolute Gasteiger partial charge is 0.504 e. The molecule has 0 spiro atoms. The molecule has 2 N–H and O–H groups in total. The summed E-state index contributed by atoms with van der Waals surface area (Å²) in [5.41, 5.74) is 2.47. The number of aromatic hydroxyl groups is 1. The molecule has 5 nitrogen and oxygen atoms in total. The molecule has 1 heterocycles. The van der Waals surface area contributed by atoms with Crippen molar-refractivity contribution in [2.45, 2.75) is 6.92 Å². The van der Waals surface area contributed by atoms with Crippen LogP contribution in [0.15, 0.2) is 60.8 Å². The Kier molecular flexibility index (Phi) is 3.62. The minimum atomic E-state index is -0.446. The van der Waals surface area contributed by atoms with E-state index in [1.54, 1.807) is 6.07 Å². The van der Waals surface area contributed by atoms with Crippen molar-refractivity contribution in [3.63, 3.8) is 0 Å². The van der Waals surface area contributed by atoms with Crippen LogP contribution in [0.5, 0.6) is 5.75 Å². The summed E-state index contributed by atoms with van der Waals surface area (Å²) in [7, 11) is 0. The molecule has 22 heavy (non-hydrogen) atoms. The summed E-state index contributed by atoms with van der Waals surface area (Å²) in [6, 6.07) is 16.7. The number of carbonyl (C=O) groups is 1. The minimum absolute atomic E-state index is 0.00893. The Morgan fingerprint density at radius 3 is 2.64 bits per heavy atom. The maximum absolute atomic E-state index is 12.2. The van der Waals surface area contributed by atoms with Gasteiger partial charge in [0, 0.05) is 5.69 Å². The molecule has 0 aliphatic heterocycles. The number of carbonyl (C=O) groups excluding carboxylic acids is 1. The van der Waals surface area contributed by atoms with Gasteiger partial charge in [-0.2, -0.15) is 5.10 Å². The minimum Gasteiger partial charge on any atom is -0.504 e. The summed E-state index contributed by atoms with van der Waals surface area (Å²) in [4.78, 5) is 12.2. The zero-order valence-electron chi connectivity index (χ0n) is 12.0. The molecular formula is C17H15N3O2. The summed E-state index contributed by atoms with van der Waals surface area (Å²) in [5, 5.41) is 16.8. The van der Waals surface area contributed by atoms with Gasteiger partial charge in [-0.15, -0.1) is 0 Å². The van der Waals surface area contributed by atoms with Gasteiger partial charge in [-0.25, -0.2) is 4.68 Å². The Labute approximate surface area is 127 Å². The number of amides is 1. The van der Waals surface area contributed by atoms with Crippen LogP contribution in [0.4, 0.5) is 5.69 Å². The molecule has 1 amide bonds. The van der Waals surface area contributed by atoms with E-state index in [0.717, 1.165) is 11.3 Å². The molecule has 110 valence electrons. The molecule has 0 fully saturated rings. The predicted octanol–water partition coefficient (Wildman–Crippen LogP) is 3.14. The first kappa shape index (κ1) is 13.9. The second kappa shape index (κ2) is 5.73. The average Bonchev–Trinajstić information content (AvgIpc) is 2.90. The highest BCUT2D eigenvalue weighted by Gasteiger charge is 2.17. The van der Waals surface area contributed by atoms with Crippen LogP contribution >= 0.6 is 0 Å². The molecule has 0 atom stereocenters. The fourth-order valence-electron chi connectivity index (χ4n) is 2.15. The van der Waals surface area contributed by atoms with Gasteiger partial charge in [0.15, 0.2) is 11.4 Å². The topological polar surface area (TPSA) is 67.2 Å². The molecule has 0 saturated heterocycles. The molecule has 0 aliphatic carbocycles. The fraction of sp³-hybridized carbons (Fsp3) is 0.0588. The molecule has 0 unspecified atom stereocenters. The summed E-state index contributed by atoms with van der Waals surface area (Å²) in [6.45, 7) is 1.94. The number of aromatic nitrogens is 2. The van der Waals surface area contributed by atoms with Crippen LogP contribution < -0.4 is 5.32 Å². The third-order valence-corrected chi connectivity index (χ3v) is 3.21. The van der Waals surface area contributed by atoms with Gasteiger partial charge in [0.2, 0.25) is 0 Å². The van der Waals surface area contributed by atoms with Crippen molar-refractivity contribution in [2.24, 2.45) is 0 Å². The highest BCUT2D eigenvalue weighted by molar-refractivity contribution is 6.04. The molecule has 0 aliphatic rings. The van der Waals surface area contributed by atoms with Crippen LogP contribution in [0.25, 0.3) is 5.69 Å². The Bertz CT molecular complexity index is 810. The first-order chi connectivity index (χ1) is 10.6. The first-order valence-corrected chi connectivity index (χ1v) is 6.85. The Balaban J connectivity index is 1.86. The van der Waals surface area contributed by atoms with E-state index in [1.807, 2.05) is 55.5 Å². The highest BCUT2D eigenvalue weighted by atomic mass is 16.3. The van der Waals surface area contributed by atoms with Gasteiger partial charge in [-0.1, -0.05) is 30.3 Å². The molecule has 0 saturated carbocycles. The highest BCUT2D eigenvalue weighted by Crippen LogP contribution is 2.20. The fourth-order valence-corrected chi connectivity index (χ4v) is 2.15. The average molecular weight is 293 g/mol. The van der Waals surface area contributed by atoms with E-state index in [2.05, 4.69) is 10.4 Å². The van der Waals surface area contributed by atoms with Crippen LogP contribution in [0.1, 0.15) is 16.1 Å². The lowest BCUT2D eigenvalue weighted by molar-refractivity contribution is 0.101. The molecule has 0 bridgehead atoms. The lowest BCUT2D eigenvalue weighted by Crippen LogP contribution is -2.13. The number of hydrogen-bond acceptors (Lipinski definition) is 3. The van der Waals surface area contributed by atoms with E-state index in [0.29, 0.717) is 5.69 Å². The second-order valence-corrected chi connectivity index (χ2v) is 4.97. The third kappa shape index (κ3) is 2.83. The number of aryl methyl sites for hydroxylation is 1. The van der Waals surface area contributed by atoms with Crippen LogP contribution in [-0.4, -0.2) is 20.8 Å². The van der Waals surface area contributed by atoms with Crippen LogP contribution in [0, 0.1) is 6.92 Å². The zero-order chi connectivity index (χ0) is 15.5. The quantitative estimate of drug-likeness (QED) is 0.779. The van der Waals surface area contributed by atoms with E-state index in [4.69, 9.17) is 0 Å². The molecule has 5 heteroatoms. The van der Waals surface area contributed by atoms with Gasteiger partial charge in [0.1, 0.15) is 0 Å². The summed E-state index contributed by atoms with van der Waals surface area (Å²) in [5.74, 6) is -0.605. The monoisotopic (exact) mass is 293 g/mol. The zero-order valence-corrected chi connectivity index (χ0v) is 12.0. The van der Waals surface area contributed by atoms with Gasteiger partial charge in [0.25, 0.3) is 5.91 Å². The van der Waals surface area contributed by atoms with Crippen LogP contribution in [0.3, 0.4) is 0 Å². The van der Waals surface area contributed by atoms with E-state index < -0.39 is 5.91 Å². The number of nitrogens with zero attached hydrogens (tertiary/aromatic N) is 2. The number of hydrogen-bond donors (Lipinski definition) is 2. The summed E-state index contributed by atoms with van der Waals surface area (Å²) in [6.07, 6.45) is 1.42. The number of benzene rings is 2. The smallest absolute Gasteiger partial charge is 0.280 e. The van der Waals surface area contributed by atoms with Gasteiger partial charge in [-0.3, -0.25) is 4.79 Å². The Morgan fingerprint density at radius 1 is 1.14 bits per heavy atom. The lowest BCUT2D eigenvalue weighted by atomic mass is 10.2. The Morgan fingerprint density at radius 2 is 1.91 bits per heavy atom. The van der Waals surface area contributed by atoms with Crippen molar-refractivity contribution in [1.82, 2.24) is 9.78 Å². The molecule has 3 aromatic rings. The van der Waals surface area contributed by atoms with E-state index >= 15 is 0 Å². The second-order valence-electron chi connectivity index (χ2n) is 4.97. The third-order valence-electron chi connectivity index (χ3n) is 3.21. The number of nitrogens with one attached hydrogen (secondary N) is 1. The Hall–Kier alpha value is -3.08.